The fourth-order valence-corrected chi connectivity index (χ4v) is 6.25. The molecule has 0 spiro atoms. The van der Waals surface area contributed by atoms with Gasteiger partial charge in [0.25, 0.3) is 0 Å². The second-order valence-electron chi connectivity index (χ2n) is 11.1. The van der Waals surface area contributed by atoms with E-state index in [2.05, 4.69) is 10.3 Å². The SMILES string of the molecule is Cn1ccnc1SC[C@H]1C[C@@H](c2ccc(CO)cc2)O[C@@H](c2ccc(-c3ccccc3CNC(=O)CCCCC(=O)O)cc2)O1. The van der Waals surface area contributed by atoms with Gasteiger partial charge in [-0.1, -0.05) is 84.6 Å². The predicted octanol–water partition coefficient (Wildman–Crippen LogP) is 6.18. The molecule has 3 N–H and O–H groups in total. The first-order valence-electron chi connectivity index (χ1n) is 15.2. The van der Waals surface area contributed by atoms with Gasteiger partial charge in [-0.25, -0.2) is 4.98 Å². The van der Waals surface area contributed by atoms with Gasteiger partial charge in [0.15, 0.2) is 11.4 Å². The topological polar surface area (TPSA) is 123 Å². The summed E-state index contributed by atoms with van der Waals surface area (Å²) in [6.45, 7) is 0.382. The summed E-state index contributed by atoms with van der Waals surface area (Å²) < 4.78 is 15.0. The summed E-state index contributed by atoms with van der Waals surface area (Å²) in [7, 11) is 1.98. The molecule has 1 amide bonds. The lowest BCUT2D eigenvalue weighted by Crippen LogP contribution is -2.31. The molecule has 0 radical (unpaired) electrons. The summed E-state index contributed by atoms with van der Waals surface area (Å²) in [5.74, 6) is -0.204. The third-order valence-electron chi connectivity index (χ3n) is 7.82. The summed E-state index contributed by atoms with van der Waals surface area (Å²) >= 11 is 1.66. The Kier molecular flexibility index (Phi) is 11.4. The van der Waals surface area contributed by atoms with E-state index in [1.807, 2.05) is 90.6 Å². The van der Waals surface area contributed by atoms with Crippen LogP contribution in [0.5, 0.6) is 0 Å². The molecule has 0 aliphatic carbocycles. The number of carbonyl (C=O) groups is 2. The molecule has 236 valence electrons. The van der Waals surface area contributed by atoms with Crippen LogP contribution >= 0.6 is 11.8 Å². The first kappa shape index (κ1) is 32.4. The van der Waals surface area contributed by atoms with E-state index in [4.69, 9.17) is 14.6 Å². The van der Waals surface area contributed by atoms with Gasteiger partial charge in [-0.2, -0.15) is 0 Å². The lowest BCUT2D eigenvalue weighted by molar-refractivity contribution is -0.245. The second kappa shape index (κ2) is 15.9. The number of nitrogens with one attached hydrogen (secondary N) is 1. The van der Waals surface area contributed by atoms with E-state index in [9.17, 15) is 14.7 Å². The van der Waals surface area contributed by atoms with Crippen LogP contribution in [0.3, 0.4) is 0 Å². The van der Waals surface area contributed by atoms with E-state index in [0.29, 0.717) is 32.2 Å². The number of aryl methyl sites for hydroxylation is 1. The standard InChI is InChI=1S/C35H39N3O6S/c1-38-19-18-36-35(38)45-23-29-20-31(26-12-10-24(22-39)11-13-26)44-34(43-29)27-16-14-25(15-17-27)30-7-3-2-6-28(30)21-37-32(40)8-4-5-9-33(41)42/h2-3,6-7,10-19,29,31,34,39H,4-5,8-9,20-23H2,1H3,(H,37,40)(H,41,42)/t29-,31+,34+/m1/s1. The number of hydrogen-bond acceptors (Lipinski definition) is 7. The van der Waals surface area contributed by atoms with Crippen LogP contribution in [-0.2, 0) is 39.3 Å². The van der Waals surface area contributed by atoms with E-state index in [1.165, 1.54) is 0 Å². The van der Waals surface area contributed by atoms with Crippen molar-refractivity contribution in [1.29, 1.82) is 0 Å². The normalized spacial score (nSPS) is 18.0. The predicted molar refractivity (Wildman–Crippen MR) is 172 cm³/mol. The number of carboxylic acid groups (broad SMARTS) is 1. The molecule has 1 fully saturated rings. The molecule has 1 aromatic heterocycles. The average Bonchev–Trinajstić information content (AvgIpc) is 3.49. The molecule has 45 heavy (non-hydrogen) atoms. The molecule has 0 bridgehead atoms. The second-order valence-corrected chi connectivity index (χ2v) is 12.1. The van der Waals surface area contributed by atoms with E-state index in [0.717, 1.165) is 44.3 Å². The maximum absolute atomic E-state index is 12.3. The van der Waals surface area contributed by atoms with Crippen molar-refractivity contribution in [2.45, 2.75) is 68.9 Å². The molecular formula is C35H39N3O6S. The molecule has 4 aromatic rings. The zero-order chi connectivity index (χ0) is 31.6. The van der Waals surface area contributed by atoms with Crippen molar-refractivity contribution in [2.24, 2.45) is 7.05 Å². The number of thioether (sulfide) groups is 1. The quantitative estimate of drug-likeness (QED) is 0.112. The molecule has 5 rings (SSSR count). The average molecular weight is 630 g/mol. The van der Waals surface area contributed by atoms with Crippen molar-refractivity contribution < 1.29 is 29.3 Å². The van der Waals surface area contributed by atoms with Crippen molar-refractivity contribution in [3.8, 4) is 11.1 Å². The smallest absolute Gasteiger partial charge is 0.303 e. The minimum absolute atomic E-state index is 0.00306. The molecule has 1 saturated heterocycles. The molecule has 3 atom stereocenters. The fourth-order valence-electron chi connectivity index (χ4n) is 5.30. The molecule has 1 aliphatic rings. The Hall–Kier alpha value is -3.96. The molecule has 9 nitrogen and oxygen atoms in total. The van der Waals surface area contributed by atoms with E-state index >= 15 is 0 Å². The maximum atomic E-state index is 12.3. The number of aliphatic hydroxyl groups is 1. The number of rotatable bonds is 14. The van der Waals surface area contributed by atoms with Gasteiger partial charge in [0.1, 0.15) is 0 Å². The number of aliphatic hydroxyl groups excluding tert-OH is 1. The van der Waals surface area contributed by atoms with Crippen molar-refractivity contribution >= 4 is 23.6 Å². The Balaban J connectivity index is 1.27. The van der Waals surface area contributed by atoms with Crippen LogP contribution in [0.25, 0.3) is 11.1 Å². The van der Waals surface area contributed by atoms with Gasteiger partial charge in [-0.05, 0) is 40.7 Å². The molecule has 0 unspecified atom stereocenters. The molecule has 10 heteroatoms. The van der Waals surface area contributed by atoms with Gasteiger partial charge >= 0.3 is 5.97 Å². The van der Waals surface area contributed by atoms with Gasteiger partial charge in [0.05, 0.1) is 18.8 Å². The van der Waals surface area contributed by atoms with Crippen LogP contribution in [0.15, 0.2) is 90.3 Å². The summed E-state index contributed by atoms with van der Waals surface area (Å²) in [5.41, 5.74) is 5.84. The monoisotopic (exact) mass is 629 g/mol. The highest BCUT2D eigenvalue weighted by Gasteiger charge is 2.32. The van der Waals surface area contributed by atoms with Crippen LogP contribution in [0.2, 0.25) is 0 Å². The number of nitrogens with zero attached hydrogens (tertiary/aromatic N) is 2. The third-order valence-corrected chi connectivity index (χ3v) is 9.01. The van der Waals surface area contributed by atoms with Crippen LogP contribution in [0.4, 0.5) is 0 Å². The van der Waals surface area contributed by atoms with Crippen molar-refractivity contribution in [3.05, 3.63) is 107 Å². The van der Waals surface area contributed by atoms with Crippen molar-refractivity contribution in [3.63, 3.8) is 0 Å². The van der Waals surface area contributed by atoms with Gasteiger partial charge in [0, 0.05) is 56.6 Å². The number of benzene rings is 3. The number of carbonyl (C=O) groups excluding carboxylic acids is 1. The fraction of sp³-hybridized carbons (Fsp3) is 0.343. The van der Waals surface area contributed by atoms with Gasteiger partial charge in [0.2, 0.25) is 5.91 Å². The molecule has 2 heterocycles. The van der Waals surface area contributed by atoms with Gasteiger partial charge in [-0.15, -0.1) is 0 Å². The number of imidazole rings is 1. The lowest BCUT2D eigenvalue weighted by atomic mass is 9.97. The minimum atomic E-state index is -0.843. The summed E-state index contributed by atoms with van der Waals surface area (Å²) in [5, 5.41) is 22.2. The van der Waals surface area contributed by atoms with Crippen LogP contribution in [0, 0.1) is 0 Å². The molecular weight excluding hydrogens is 590 g/mol. The van der Waals surface area contributed by atoms with E-state index in [-0.39, 0.29) is 31.1 Å². The Morgan fingerprint density at radius 3 is 2.42 bits per heavy atom. The number of aromatic nitrogens is 2. The summed E-state index contributed by atoms with van der Waals surface area (Å²) in [6, 6.07) is 24.0. The summed E-state index contributed by atoms with van der Waals surface area (Å²) in [6.07, 6.45) is 5.04. The van der Waals surface area contributed by atoms with Crippen molar-refractivity contribution in [2.75, 3.05) is 5.75 Å². The van der Waals surface area contributed by atoms with Gasteiger partial charge in [-0.3, -0.25) is 9.59 Å². The third kappa shape index (κ3) is 9.04. The maximum Gasteiger partial charge on any atom is 0.303 e. The summed E-state index contributed by atoms with van der Waals surface area (Å²) in [4.78, 5) is 27.5. The lowest BCUT2D eigenvalue weighted by Gasteiger charge is -2.36. The zero-order valence-corrected chi connectivity index (χ0v) is 26.1. The number of aliphatic carboxylic acids is 1. The van der Waals surface area contributed by atoms with E-state index in [1.54, 1.807) is 18.0 Å². The van der Waals surface area contributed by atoms with Crippen LogP contribution in [0.1, 0.15) is 66.8 Å². The Morgan fingerprint density at radius 2 is 1.71 bits per heavy atom. The first-order valence-corrected chi connectivity index (χ1v) is 16.2. The molecule has 3 aromatic carbocycles. The number of hydrogen-bond donors (Lipinski definition) is 3. The Morgan fingerprint density at radius 1 is 0.978 bits per heavy atom. The minimum Gasteiger partial charge on any atom is -0.481 e. The van der Waals surface area contributed by atoms with Crippen LogP contribution in [-0.4, -0.2) is 43.5 Å². The first-order chi connectivity index (χ1) is 21.9. The van der Waals surface area contributed by atoms with Gasteiger partial charge < -0.3 is 29.6 Å². The highest BCUT2D eigenvalue weighted by Crippen LogP contribution is 2.40. The van der Waals surface area contributed by atoms with E-state index < -0.39 is 12.3 Å². The largest absolute Gasteiger partial charge is 0.481 e. The molecule has 0 saturated carbocycles. The number of ether oxygens (including phenoxy) is 2. The van der Waals surface area contributed by atoms with Crippen molar-refractivity contribution in [1.82, 2.24) is 14.9 Å². The number of amides is 1. The zero-order valence-electron chi connectivity index (χ0n) is 25.3. The number of unbranched alkanes of at least 4 members (excludes halogenated alkanes) is 1. The Bertz CT molecular complexity index is 1560. The highest BCUT2D eigenvalue weighted by atomic mass is 32.2. The Labute approximate surface area is 267 Å². The number of carboxylic acids is 1. The molecule has 1 aliphatic heterocycles. The van der Waals surface area contributed by atoms with Crippen LogP contribution < -0.4 is 5.32 Å². The highest BCUT2D eigenvalue weighted by molar-refractivity contribution is 7.99.